The first-order valence-corrected chi connectivity index (χ1v) is 11.4. The molecule has 3 rings (SSSR count). The highest BCUT2D eigenvalue weighted by atomic mass is 16.5. The lowest BCUT2D eigenvalue weighted by molar-refractivity contribution is 0.0995. The van der Waals surface area contributed by atoms with Crippen molar-refractivity contribution < 1.29 is 19.1 Å². The summed E-state index contributed by atoms with van der Waals surface area (Å²) in [6.45, 7) is 7.58. The van der Waals surface area contributed by atoms with Crippen LogP contribution in [0.15, 0.2) is 18.2 Å². The van der Waals surface area contributed by atoms with Gasteiger partial charge in [0.05, 0.1) is 18.3 Å². The molecule has 4 N–H and O–H groups in total. The van der Waals surface area contributed by atoms with E-state index >= 15 is 0 Å². The van der Waals surface area contributed by atoms with Gasteiger partial charge < -0.3 is 25.3 Å². The van der Waals surface area contributed by atoms with Crippen LogP contribution in [0.4, 0.5) is 10.7 Å². The van der Waals surface area contributed by atoms with E-state index in [0.29, 0.717) is 55.1 Å². The molecule has 12 nitrogen and oxygen atoms in total. The third-order valence-electron chi connectivity index (χ3n) is 5.63. The Hall–Kier alpha value is -4.09. The van der Waals surface area contributed by atoms with Crippen LogP contribution in [-0.4, -0.2) is 69.3 Å². The first-order chi connectivity index (χ1) is 16.7. The van der Waals surface area contributed by atoms with E-state index in [4.69, 9.17) is 10.5 Å². The largest absolute Gasteiger partial charge is 0.494 e. The minimum absolute atomic E-state index is 0.164. The van der Waals surface area contributed by atoms with Gasteiger partial charge in [0.15, 0.2) is 0 Å². The molecule has 0 spiro atoms. The van der Waals surface area contributed by atoms with Crippen molar-refractivity contribution in [2.45, 2.75) is 40.3 Å². The molecule has 35 heavy (non-hydrogen) atoms. The molecule has 0 unspecified atom stereocenters. The first-order valence-electron chi connectivity index (χ1n) is 11.4. The number of hydrogen-bond acceptors (Lipinski definition) is 6. The minimum Gasteiger partial charge on any atom is -0.494 e. The van der Waals surface area contributed by atoms with Crippen molar-refractivity contribution in [3.8, 4) is 5.75 Å². The van der Waals surface area contributed by atoms with Gasteiger partial charge in [-0.3, -0.25) is 19.6 Å². The fourth-order valence-corrected chi connectivity index (χ4v) is 3.69. The van der Waals surface area contributed by atoms with Crippen LogP contribution >= 0.6 is 0 Å². The Balaban J connectivity index is 1.96. The number of aromatic nitrogens is 4. The molecule has 0 atom stereocenters. The van der Waals surface area contributed by atoms with E-state index in [2.05, 4.69) is 20.7 Å². The number of nitrogens with two attached hydrogens (primary N) is 1. The summed E-state index contributed by atoms with van der Waals surface area (Å²) < 4.78 is 8.93. The number of carbonyl (C=O) groups is 3. The van der Waals surface area contributed by atoms with Gasteiger partial charge >= 0.3 is 6.03 Å². The highest BCUT2D eigenvalue weighted by Gasteiger charge is 2.21. The number of hydrogen-bond donors (Lipinski definition) is 3. The van der Waals surface area contributed by atoms with Crippen LogP contribution in [0.5, 0.6) is 5.75 Å². The Kier molecular flexibility index (Phi) is 7.94. The average Bonchev–Trinajstić information content (AvgIpc) is 3.39. The third-order valence-corrected chi connectivity index (χ3v) is 5.63. The van der Waals surface area contributed by atoms with E-state index in [-0.39, 0.29) is 23.5 Å². The second-order valence-electron chi connectivity index (χ2n) is 8.04. The summed E-state index contributed by atoms with van der Waals surface area (Å²) in [6, 6.07) is 4.65. The molecule has 0 saturated heterocycles. The number of amides is 4. The highest BCUT2D eigenvalue weighted by molar-refractivity contribution is 6.04. The smallest absolute Gasteiger partial charge is 0.317 e. The van der Waals surface area contributed by atoms with Crippen molar-refractivity contribution in [1.82, 2.24) is 29.5 Å². The summed E-state index contributed by atoms with van der Waals surface area (Å²) in [5, 5.41) is 10.1. The van der Waals surface area contributed by atoms with Crippen LogP contribution < -0.4 is 21.1 Å². The van der Waals surface area contributed by atoms with Crippen molar-refractivity contribution in [2.75, 3.05) is 32.6 Å². The van der Waals surface area contributed by atoms with Gasteiger partial charge in [0.1, 0.15) is 17.0 Å². The second kappa shape index (κ2) is 10.9. The van der Waals surface area contributed by atoms with Crippen LogP contribution in [0.3, 0.4) is 0 Å². The van der Waals surface area contributed by atoms with Crippen LogP contribution in [0.2, 0.25) is 0 Å². The van der Waals surface area contributed by atoms with Gasteiger partial charge in [-0.1, -0.05) is 0 Å². The van der Waals surface area contributed by atoms with E-state index in [0.717, 1.165) is 5.69 Å². The summed E-state index contributed by atoms with van der Waals surface area (Å²) >= 11 is 0. The van der Waals surface area contributed by atoms with Crippen LogP contribution in [0, 0.1) is 6.92 Å². The number of primary amides is 1. The molecular formula is C23H32N8O4. The summed E-state index contributed by atoms with van der Waals surface area (Å²) in [4.78, 5) is 43.1. The number of ether oxygens (including phenoxy) is 1. The van der Waals surface area contributed by atoms with E-state index in [1.54, 1.807) is 39.4 Å². The molecule has 2 heterocycles. The Bertz CT molecular complexity index is 1250. The number of imidazole rings is 1. The van der Waals surface area contributed by atoms with Gasteiger partial charge in [0, 0.05) is 38.8 Å². The average molecular weight is 485 g/mol. The van der Waals surface area contributed by atoms with Gasteiger partial charge in [-0.25, -0.2) is 9.78 Å². The summed E-state index contributed by atoms with van der Waals surface area (Å²) in [6.07, 6.45) is 0.560. The topological polar surface area (TPSA) is 149 Å². The van der Waals surface area contributed by atoms with Crippen molar-refractivity contribution in [2.24, 2.45) is 5.73 Å². The lowest BCUT2D eigenvalue weighted by Gasteiger charge is -2.16. The van der Waals surface area contributed by atoms with E-state index in [1.807, 2.05) is 20.8 Å². The lowest BCUT2D eigenvalue weighted by atomic mass is 10.1. The zero-order valence-corrected chi connectivity index (χ0v) is 20.7. The van der Waals surface area contributed by atoms with Gasteiger partial charge in [-0.05, 0) is 45.4 Å². The van der Waals surface area contributed by atoms with Crippen LogP contribution in [0.25, 0.3) is 11.0 Å². The Morgan fingerprint density at radius 3 is 2.57 bits per heavy atom. The molecule has 0 aliphatic heterocycles. The number of urea groups is 1. The summed E-state index contributed by atoms with van der Waals surface area (Å²) in [5.41, 5.74) is 7.90. The molecule has 2 aromatic heterocycles. The third kappa shape index (κ3) is 5.53. The predicted octanol–water partition coefficient (Wildman–Crippen LogP) is 1.97. The Labute approximate surface area is 203 Å². The zero-order valence-electron chi connectivity index (χ0n) is 20.7. The molecule has 0 saturated carbocycles. The number of fused-ring (bicyclic) bond motifs is 1. The van der Waals surface area contributed by atoms with Gasteiger partial charge in [-0.15, -0.1) is 0 Å². The number of rotatable bonds is 10. The molecule has 3 aromatic rings. The molecule has 12 heteroatoms. The van der Waals surface area contributed by atoms with Crippen LogP contribution in [0.1, 0.15) is 46.8 Å². The highest BCUT2D eigenvalue weighted by Crippen LogP contribution is 2.31. The second-order valence-corrected chi connectivity index (χ2v) is 8.04. The molecule has 1 aromatic carbocycles. The van der Waals surface area contributed by atoms with E-state index in [1.165, 1.54) is 7.11 Å². The maximum absolute atomic E-state index is 13.1. The summed E-state index contributed by atoms with van der Waals surface area (Å²) in [5.74, 6) is -0.302. The first kappa shape index (κ1) is 25.5. The molecular weight excluding hydrogens is 452 g/mol. The van der Waals surface area contributed by atoms with Crippen molar-refractivity contribution >= 4 is 34.8 Å². The molecule has 0 aliphatic rings. The maximum atomic E-state index is 13.1. The fourth-order valence-electron chi connectivity index (χ4n) is 3.69. The molecule has 0 aliphatic carbocycles. The van der Waals surface area contributed by atoms with Crippen molar-refractivity contribution in [3.05, 3.63) is 35.2 Å². The van der Waals surface area contributed by atoms with Crippen molar-refractivity contribution in [3.63, 3.8) is 0 Å². The number of nitrogens with one attached hydrogen (secondary N) is 2. The molecule has 0 bridgehead atoms. The molecule has 188 valence electrons. The number of benzene rings is 1. The number of aryl methyl sites for hydroxylation is 3. The monoisotopic (exact) mass is 484 g/mol. The maximum Gasteiger partial charge on any atom is 0.317 e. The normalized spacial score (nSPS) is 10.9. The molecule has 0 radical (unpaired) electrons. The Morgan fingerprint density at radius 2 is 1.94 bits per heavy atom. The molecule has 4 amide bonds. The number of nitrogens with zero attached hydrogens (tertiary/aromatic N) is 5. The standard InChI is InChI=1S/C23H32N8O4/c1-6-29(4)23(34)25-9-8-10-30-19-16(12-15(20(24)32)13-18(19)35-5)26-22(30)27-21(33)17-11-14(3)28-31(17)7-2/h11-13H,6-10H2,1-5H3,(H2,24,32)(H,25,34)(H,26,27,33). The van der Waals surface area contributed by atoms with E-state index in [9.17, 15) is 14.4 Å². The lowest BCUT2D eigenvalue weighted by Crippen LogP contribution is -2.37. The number of carbonyl (C=O) groups excluding carboxylic acids is 3. The van der Waals surface area contributed by atoms with E-state index < -0.39 is 5.91 Å². The molecule has 0 fully saturated rings. The van der Waals surface area contributed by atoms with Gasteiger partial charge in [0.2, 0.25) is 11.9 Å². The number of anilines is 1. The van der Waals surface area contributed by atoms with Crippen LogP contribution in [-0.2, 0) is 13.1 Å². The van der Waals surface area contributed by atoms with Crippen molar-refractivity contribution in [1.29, 1.82) is 0 Å². The predicted molar refractivity (Wildman–Crippen MR) is 132 cm³/mol. The quantitative estimate of drug-likeness (QED) is 0.375. The number of methoxy groups -OCH3 is 1. The minimum atomic E-state index is -0.615. The van der Waals surface area contributed by atoms with Gasteiger partial charge in [0.25, 0.3) is 5.91 Å². The SMILES string of the molecule is CCN(C)C(=O)NCCCn1c(NC(=O)c2cc(C)nn2CC)nc2cc(C(N)=O)cc(OC)c21. The fraction of sp³-hybridized carbons (Fsp3) is 0.435. The Morgan fingerprint density at radius 1 is 1.20 bits per heavy atom. The van der Waals surface area contributed by atoms with Gasteiger partial charge in [-0.2, -0.15) is 5.10 Å². The zero-order chi connectivity index (χ0) is 25.7. The summed E-state index contributed by atoms with van der Waals surface area (Å²) in [7, 11) is 3.20.